The minimum absolute atomic E-state index is 0.0295. The molecule has 0 N–H and O–H groups in total. The van der Waals surface area contributed by atoms with E-state index < -0.39 is 20.3 Å². The summed E-state index contributed by atoms with van der Waals surface area (Å²) in [6.45, 7) is 8.39. The number of halogens is 1. The lowest BCUT2D eigenvalue weighted by Crippen LogP contribution is -2.29. The normalized spacial score (nSPS) is 13.3. The molecule has 0 aliphatic rings. The van der Waals surface area contributed by atoms with Gasteiger partial charge in [0.1, 0.15) is 0 Å². The van der Waals surface area contributed by atoms with Crippen molar-refractivity contribution in [2.75, 3.05) is 26.4 Å². The van der Waals surface area contributed by atoms with Gasteiger partial charge in [-0.1, -0.05) is 45.4 Å². The Kier molecular flexibility index (Phi) is 14.4. The Bertz CT molecular complexity index is 425. The molecule has 0 amide bonds. The molecule has 0 aliphatic heterocycles. The molecule has 0 aliphatic carbocycles. The van der Waals surface area contributed by atoms with Crippen molar-refractivity contribution in [3.63, 3.8) is 0 Å². The minimum Gasteiger partial charge on any atom is -0.306 e. The molecule has 0 aromatic rings. The van der Waals surface area contributed by atoms with Crippen LogP contribution in [0.1, 0.15) is 86.0 Å². The zero-order chi connectivity index (χ0) is 20.8. The van der Waals surface area contributed by atoms with Crippen molar-refractivity contribution in [1.29, 1.82) is 0 Å². The lowest BCUT2D eigenvalue weighted by atomic mass is 10.1. The predicted molar refractivity (Wildman–Crippen MR) is 108 cm³/mol. The number of hydrogen-bond donors (Lipinski definition) is 0. The van der Waals surface area contributed by atoms with Gasteiger partial charge in [-0.05, 0) is 34.1 Å². The van der Waals surface area contributed by atoms with Crippen LogP contribution >= 0.6 is 15.2 Å². The second-order valence-electron chi connectivity index (χ2n) is 6.26. The van der Waals surface area contributed by atoms with Crippen LogP contribution in [0.4, 0.5) is 4.39 Å². The third-order valence-electron chi connectivity index (χ3n) is 4.13. The fraction of sp³-hybridized carbons (Fsp3) is 1.00. The van der Waals surface area contributed by atoms with Crippen molar-refractivity contribution in [3.05, 3.63) is 0 Å². The fourth-order valence-electron chi connectivity index (χ4n) is 2.88. The molecule has 0 rings (SSSR count). The van der Waals surface area contributed by atoms with Gasteiger partial charge in [-0.15, -0.1) is 0 Å². The van der Waals surface area contributed by atoms with E-state index in [-0.39, 0.29) is 32.8 Å². The highest BCUT2D eigenvalue weighted by atomic mass is 31.2. The van der Waals surface area contributed by atoms with Gasteiger partial charge in [0.05, 0.1) is 26.4 Å². The molecule has 0 radical (unpaired) electrons. The van der Waals surface area contributed by atoms with E-state index in [1.807, 2.05) is 0 Å². The Morgan fingerprint density at radius 1 is 0.630 bits per heavy atom. The van der Waals surface area contributed by atoms with Crippen molar-refractivity contribution in [2.24, 2.45) is 0 Å². The van der Waals surface area contributed by atoms with Gasteiger partial charge < -0.3 is 18.1 Å². The average Bonchev–Trinajstić information content (AvgIpc) is 2.61. The first-order valence-corrected chi connectivity index (χ1v) is 13.4. The molecule has 27 heavy (non-hydrogen) atoms. The zero-order valence-corrected chi connectivity index (χ0v) is 19.5. The molecule has 0 spiro atoms. The topological polar surface area (TPSA) is 71.1 Å². The van der Waals surface area contributed by atoms with Crippen molar-refractivity contribution in [2.45, 2.75) is 91.1 Å². The first kappa shape index (κ1) is 27.2. The highest BCUT2D eigenvalue weighted by Gasteiger charge is 2.66. The van der Waals surface area contributed by atoms with Crippen molar-refractivity contribution >= 4 is 15.2 Å². The van der Waals surface area contributed by atoms with Crippen LogP contribution in [0, 0.1) is 0 Å². The summed E-state index contributed by atoms with van der Waals surface area (Å²) in [7, 11) is -8.74. The average molecular weight is 432 g/mol. The van der Waals surface area contributed by atoms with E-state index in [1.165, 1.54) is 6.42 Å². The van der Waals surface area contributed by atoms with Crippen molar-refractivity contribution in [3.8, 4) is 0 Å². The Balaban J connectivity index is 5.47. The molecule has 0 saturated heterocycles. The molecule has 6 nitrogen and oxygen atoms in total. The van der Waals surface area contributed by atoms with Crippen LogP contribution in [0.3, 0.4) is 0 Å². The van der Waals surface area contributed by atoms with Gasteiger partial charge in [0.25, 0.3) is 0 Å². The molecular formula is C18H39FO6P2. The van der Waals surface area contributed by atoms with E-state index in [2.05, 4.69) is 6.92 Å². The lowest BCUT2D eigenvalue weighted by Gasteiger charge is -2.36. The Morgan fingerprint density at radius 2 is 0.963 bits per heavy atom. The summed E-state index contributed by atoms with van der Waals surface area (Å²) in [5.41, 5.74) is 0. The highest BCUT2D eigenvalue weighted by Crippen LogP contribution is 2.80. The fourth-order valence-corrected chi connectivity index (χ4v) is 7.94. The SMILES string of the molecule is CCCCCCCCCC(F)(P(=O)(OCC)OCC)P(=O)(OCC)OCC. The maximum atomic E-state index is 16.2. The van der Waals surface area contributed by atoms with Crippen LogP contribution in [0.25, 0.3) is 0 Å². The van der Waals surface area contributed by atoms with Gasteiger partial charge >= 0.3 is 20.3 Å². The van der Waals surface area contributed by atoms with E-state index in [0.717, 1.165) is 32.1 Å². The van der Waals surface area contributed by atoms with Gasteiger partial charge in [0.2, 0.25) is 0 Å². The summed E-state index contributed by atoms with van der Waals surface area (Å²) in [6, 6.07) is 0. The van der Waals surface area contributed by atoms with Crippen LogP contribution in [0.5, 0.6) is 0 Å². The molecular weight excluding hydrogens is 393 g/mol. The number of rotatable bonds is 18. The van der Waals surface area contributed by atoms with Crippen molar-refractivity contribution < 1.29 is 31.6 Å². The zero-order valence-electron chi connectivity index (χ0n) is 17.7. The Hall–Kier alpha value is 0.230. The minimum atomic E-state index is -4.37. The van der Waals surface area contributed by atoms with E-state index in [9.17, 15) is 9.13 Å². The maximum Gasteiger partial charge on any atom is 0.380 e. The second-order valence-corrected chi connectivity index (χ2v) is 11.0. The maximum absolute atomic E-state index is 16.2. The predicted octanol–water partition coefficient (Wildman–Crippen LogP) is 7.28. The van der Waals surface area contributed by atoms with Gasteiger partial charge in [0, 0.05) is 6.42 Å². The standard InChI is InChI=1S/C18H39FO6P2/c1-6-11-12-13-14-15-16-17-18(19,26(20,22-7-2)23-8-3)27(21,24-9-4)25-10-5/h6-17H2,1-5H3. The third kappa shape index (κ3) is 7.87. The molecule has 9 heteroatoms. The molecule has 0 heterocycles. The van der Waals surface area contributed by atoms with Crippen LogP contribution in [0.15, 0.2) is 0 Å². The lowest BCUT2D eigenvalue weighted by molar-refractivity contribution is 0.129. The molecule has 0 aromatic carbocycles. The molecule has 0 aromatic heterocycles. The van der Waals surface area contributed by atoms with E-state index in [1.54, 1.807) is 27.7 Å². The monoisotopic (exact) mass is 432 g/mol. The summed E-state index contributed by atoms with van der Waals surface area (Å²) in [5.74, 6) is 0. The molecule has 0 unspecified atom stereocenters. The molecule has 164 valence electrons. The Morgan fingerprint density at radius 3 is 1.30 bits per heavy atom. The smallest absolute Gasteiger partial charge is 0.306 e. The third-order valence-corrected chi connectivity index (χ3v) is 10.1. The second kappa shape index (κ2) is 14.3. The number of alkyl halides is 1. The first-order chi connectivity index (χ1) is 12.8. The Labute approximate surface area is 164 Å². The highest BCUT2D eigenvalue weighted by molar-refractivity contribution is 7.73. The van der Waals surface area contributed by atoms with E-state index in [4.69, 9.17) is 18.1 Å². The van der Waals surface area contributed by atoms with Crippen LogP contribution in [0.2, 0.25) is 0 Å². The number of hydrogen-bond acceptors (Lipinski definition) is 6. The van der Waals surface area contributed by atoms with Gasteiger partial charge in [-0.2, -0.15) is 0 Å². The summed E-state index contributed by atoms with van der Waals surface area (Å²) < 4.78 is 63.7. The molecule has 0 atom stereocenters. The van der Waals surface area contributed by atoms with Gasteiger partial charge in [-0.3, -0.25) is 9.13 Å². The summed E-state index contributed by atoms with van der Waals surface area (Å²) >= 11 is 0. The summed E-state index contributed by atoms with van der Waals surface area (Å²) in [5, 5.41) is -2.82. The molecule has 0 fully saturated rings. The van der Waals surface area contributed by atoms with E-state index >= 15 is 4.39 Å². The van der Waals surface area contributed by atoms with Crippen LogP contribution in [-0.4, -0.2) is 31.6 Å². The summed E-state index contributed by atoms with van der Waals surface area (Å²) in [4.78, 5) is 0. The van der Waals surface area contributed by atoms with E-state index in [0.29, 0.717) is 6.42 Å². The summed E-state index contributed by atoms with van der Waals surface area (Å²) in [6.07, 6.45) is 6.38. The molecule has 0 bridgehead atoms. The largest absolute Gasteiger partial charge is 0.380 e. The van der Waals surface area contributed by atoms with Crippen LogP contribution in [-0.2, 0) is 27.2 Å². The first-order valence-electron chi connectivity index (χ1n) is 10.3. The van der Waals surface area contributed by atoms with Gasteiger partial charge in [0.15, 0.2) is 0 Å². The van der Waals surface area contributed by atoms with Crippen molar-refractivity contribution in [1.82, 2.24) is 0 Å². The quantitative estimate of drug-likeness (QED) is 0.167. The van der Waals surface area contributed by atoms with Gasteiger partial charge in [-0.25, -0.2) is 4.39 Å². The molecule has 0 saturated carbocycles. The number of unbranched alkanes of at least 4 members (excludes halogenated alkanes) is 6. The van der Waals surface area contributed by atoms with Crippen LogP contribution < -0.4 is 0 Å².